The molecule has 0 saturated heterocycles. The summed E-state index contributed by atoms with van der Waals surface area (Å²) in [5.41, 5.74) is 5.27. The number of nitrogen functional groups attached to an aromatic ring is 1. The van der Waals surface area contributed by atoms with E-state index in [1.807, 2.05) is 0 Å². The molecule has 0 spiro atoms. The number of Topliss-reactive ketones (excluding diaryl/α,β-unsaturated/α-hetero) is 1. The van der Waals surface area contributed by atoms with Crippen LogP contribution in [0.4, 0.5) is 5.13 Å². The van der Waals surface area contributed by atoms with Gasteiger partial charge in [-0.05, 0) is 17.1 Å². The third-order valence-electron chi connectivity index (χ3n) is 6.10. The molecule has 6 N–H and O–H groups in total. The van der Waals surface area contributed by atoms with E-state index in [4.69, 9.17) is 10.6 Å². The number of rotatable bonds is 10. The minimum Gasteiger partial charge on any atom is -0.503 e. The Morgan fingerprint density at radius 3 is 2.83 bits per heavy atom. The number of anilines is 1. The topological polar surface area (TPSA) is 232 Å². The predicted octanol–water partition coefficient (Wildman–Crippen LogP) is 0.575. The number of pyridine rings is 1. The number of fused-ring (bicyclic) bond motifs is 1. The average molecular weight is 638 g/mol. The van der Waals surface area contributed by atoms with Crippen molar-refractivity contribution in [1.29, 1.82) is 0 Å². The summed E-state index contributed by atoms with van der Waals surface area (Å²) in [6.45, 7) is -0.462. The monoisotopic (exact) mass is 637 g/mol. The van der Waals surface area contributed by atoms with Crippen molar-refractivity contribution in [3.8, 4) is 5.75 Å². The molecule has 3 atom stereocenters. The van der Waals surface area contributed by atoms with Crippen LogP contribution in [0.3, 0.4) is 0 Å². The van der Waals surface area contributed by atoms with Crippen LogP contribution in [-0.4, -0.2) is 80.9 Å². The number of carbonyl (C=O) groups is 3. The Hall–Kier alpha value is -3.94. The number of hydrogen-bond acceptors (Lipinski definition) is 16. The van der Waals surface area contributed by atoms with E-state index in [1.54, 1.807) is 6.20 Å². The van der Waals surface area contributed by atoms with Crippen LogP contribution in [0.25, 0.3) is 0 Å². The zero-order chi connectivity index (χ0) is 29.3. The van der Waals surface area contributed by atoms with Gasteiger partial charge in [-0.15, -0.1) is 28.2 Å². The van der Waals surface area contributed by atoms with E-state index in [0.717, 1.165) is 27.8 Å². The van der Waals surface area contributed by atoms with Crippen molar-refractivity contribution in [3.63, 3.8) is 0 Å². The lowest BCUT2D eigenvalue weighted by atomic mass is 9.71. The molecular weight excluding hydrogens is 619 g/mol. The first-order valence-electron chi connectivity index (χ1n) is 11.5. The highest BCUT2D eigenvalue weighted by atomic mass is 32.2. The molecule has 1 aliphatic heterocycles. The zero-order valence-electron chi connectivity index (χ0n) is 20.5. The van der Waals surface area contributed by atoms with Crippen LogP contribution in [0.15, 0.2) is 49.1 Å². The smallest absolute Gasteiger partial charge is 0.332 e. The molecule has 0 aromatic carbocycles. The van der Waals surface area contributed by atoms with Gasteiger partial charge in [0.2, 0.25) is 5.43 Å². The zero-order valence-corrected chi connectivity index (χ0v) is 23.8. The van der Waals surface area contributed by atoms with E-state index in [-0.39, 0.29) is 27.8 Å². The Labute approximate surface area is 246 Å². The highest BCUT2D eigenvalue weighted by Crippen LogP contribution is 2.46. The third-order valence-corrected chi connectivity index (χ3v) is 10.1. The molecule has 2 aliphatic rings. The molecule has 1 amide bonds. The van der Waals surface area contributed by atoms with Crippen molar-refractivity contribution < 1.29 is 34.6 Å². The Bertz CT molecular complexity index is 1630. The summed E-state index contributed by atoms with van der Waals surface area (Å²) >= 11 is 5.00. The number of thiazole rings is 1. The number of nitrogens with one attached hydrogen (secondary N) is 1. The number of amides is 1. The van der Waals surface area contributed by atoms with Gasteiger partial charge in [0.15, 0.2) is 29.0 Å². The number of aromatic hydroxyl groups is 1. The maximum Gasteiger partial charge on any atom is 0.332 e. The molecule has 41 heavy (non-hydrogen) atoms. The van der Waals surface area contributed by atoms with Crippen molar-refractivity contribution in [1.82, 2.24) is 24.6 Å². The number of nitrogens with two attached hydrogens (primary N) is 1. The van der Waals surface area contributed by atoms with E-state index < -0.39 is 52.7 Å². The first-order chi connectivity index (χ1) is 19.6. The molecule has 4 heterocycles. The van der Waals surface area contributed by atoms with Gasteiger partial charge in [-0.1, -0.05) is 9.64 Å². The largest absolute Gasteiger partial charge is 0.503 e. The summed E-state index contributed by atoms with van der Waals surface area (Å²) in [6.07, 6.45) is 2.36. The standard InChI is InChI=1S/C22H19N7O8S4/c23-22-25-10(7-40-22)16(27-37-4-9-1-11(30)12(31)3-29(9)36)20(33)26-17-18(32)15-14(21(34)35)8(6-39-19(15)17)5-38-13-2-24-28-41-13/h1-3,7,15,17,19,31,36H,4-6H2,(H2,23,25)(H,26,33)(H,34,35)/b27-16+/t15?,17-,19+/m1/s1. The SMILES string of the molecule is Nc1nc(/C(=N\OCc2cc(=O)c(O)cn2O)C(=O)N[C@@H]2C(=O)C3C(C(=O)O)=C(CSc4cnns4)CS[C@@H]32)cs1. The summed E-state index contributed by atoms with van der Waals surface area (Å²) in [5.74, 6) is -3.26. The van der Waals surface area contributed by atoms with Crippen molar-refractivity contribution >= 4 is 74.9 Å². The van der Waals surface area contributed by atoms with Crippen molar-refractivity contribution in [2.75, 3.05) is 17.2 Å². The Kier molecular flexibility index (Phi) is 8.29. The summed E-state index contributed by atoms with van der Waals surface area (Å²) < 4.78 is 5.08. The first kappa shape index (κ1) is 28.6. The molecule has 1 fully saturated rings. The second-order valence-electron chi connectivity index (χ2n) is 8.60. The van der Waals surface area contributed by atoms with Crippen LogP contribution >= 0.6 is 46.4 Å². The highest BCUT2D eigenvalue weighted by molar-refractivity contribution is 8.02. The van der Waals surface area contributed by atoms with Crippen LogP contribution in [0, 0.1) is 5.92 Å². The number of carbonyl (C=O) groups excluding carboxylic acids is 2. The number of ketones is 1. The van der Waals surface area contributed by atoms with E-state index in [2.05, 4.69) is 25.0 Å². The molecule has 5 rings (SSSR count). The quantitative estimate of drug-likeness (QED) is 0.0886. The fourth-order valence-corrected chi connectivity index (χ4v) is 7.79. The highest BCUT2D eigenvalue weighted by Gasteiger charge is 2.56. The number of carboxylic acids is 1. The fourth-order valence-electron chi connectivity index (χ4n) is 4.16. The number of nitrogens with zero attached hydrogens (tertiary/aromatic N) is 5. The van der Waals surface area contributed by atoms with Crippen LogP contribution < -0.4 is 16.5 Å². The van der Waals surface area contributed by atoms with Crippen molar-refractivity contribution in [3.05, 3.63) is 56.6 Å². The van der Waals surface area contributed by atoms with Gasteiger partial charge in [-0.2, -0.15) is 16.5 Å². The summed E-state index contributed by atoms with van der Waals surface area (Å²) in [6, 6.07) is -0.0550. The maximum absolute atomic E-state index is 13.3. The third kappa shape index (κ3) is 5.92. The Morgan fingerprint density at radius 2 is 2.15 bits per heavy atom. The minimum absolute atomic E-state index is 0.0441. The lowest BCUT2D eigenvalue weighted by molar-refractivity contribution is -0.139. The molecule has 3 aromatic heterocycles. The molecule has 1 aliphatic carbocycles. The van der Waals surface area contributed by atoms with E-state index in [0.29, 0.717) is 21.8 Å². The van der Waals surface area contributed by atoms with Crippen LogP contribution in [-0.2, 0) is 25.8 Å². The summed E-state index contributed by atoms with van der Waals surface area (Å²) in [5, 5.41) is 40.4. The molecule has 214 valence electrons. The predicted molar refractivity (Wildman–Crippen MR) is 149 cm³/mol. The second kappa shape index (κ2) is 11.9. The molecule has 0 radical (unpaired) electrons. The van der Waals surface area contributed by atoms with Gasteiger partial charge in [-0.3, -0.25) is 14.4 Å². The van der Waals surface area contributed by atoms with Gasteiger partial charge in [0.05, 0.1) is 18.3 Å². The van der Waals surface area contributed by atoms with E-state index in [1.165, 1.54) is 40.4 Å². The van der Waals surface area contributed by atoms with Gasteiger partial charge < -0.3 is 31.3 Å². The summed E-state index contributed by atoms with van der Waals surface area (Å²) in [7, 11) is 0. The minimum atomic E-state index is -1.18. The fraction of sp³-hybridized carbons (Fsp3) is 0.273. The molecule has 15 nitrogen and oxygen atoms in total. The van der Waals surface area contributed by atoms with Crippen molar-refractivity contribution in [2.45, 2.75) is 22.1 Å². The molecular formula is C22H19N7O8S4. The molecule has 0 bridgehead atoms. The van der Waals surface area contributed by atoms with Crippen LogP contribution in [0.1, 0.15) is 11.4 Å². The first-order valence-corrected chi connectivity index (χ1v) is 15.2. The van der Waals surface area contributed by atoms with Crippen LogP contribution in [0.5, 0.6) is 5.75 Å². The van der Waals surface area contributed by atoms with E-state index in [9.17, 15) is 34.6 Å². The number of oxime groups is 1. The average Bonchev–Trinajstić information content (AvgIpc) is 3.62. The maximum atomic E-state index is 13.3. The van der Waals surface area contributed by atoms with Gasteiger partial charge in [0.25, 0.3) is 5.91 Å². The molecule has 19 heteroatoms. The van der Waals surface area contributed by atoms with E-state index >= 15 is 0 Å². The number of aromatic nitrogens is 4. The number of thioether (sulfide) groups is 2. The van der Waals surface area contributed by atoms with Gasteiger partial charge in [-0.25, -0.2) is 9.78 Å². The van der Waals surface area contributed by atoms with Gasteiger partial charge in [0, 0.05) is 33.8 Å². The summed E-state index contributed by atoms with van der Waals surface area (Å²) in [4.78, 5) is 59.5. The molecule has 3 aromatic rings. The van der Waals surface area contributed by atoms with Gasteiger partial charge >= 0.3 is 5.97 Å². The second-order valence-corrected chi connectivity index (χ2v) is 12.7. The van der Waals surface area contributed by atoms with Crippen LogP contribution in [0.2, 0.25) is 0 Å². The molecule has 1 saturated carbocycles. The number of hydrogen-bond donors (Lipinski definition) is 5. The number of aliphatic carboxylic acids is 1. The lowest BCUT2D eigenvalue weighted by Crippen LogP contribution is -2.66. The Balaban J connectivity index is 1.31. The molecule has 1 unspecified atom stereocenters. The number of carboxylic acid groups (broad SMARTS) is 1. The Morgan fingerprint density at radius 1 is 1.34 bits per heavy atom. The van der Waals surface area contributed by atoms with Gasteiger partial charge in [0.1, 0.15) is 21.6 Å². The van der Waals surface area contributed by atoms with Crippen molar-refractivity contribution in [2.24, 2.45) is 11.1 Å². The normalized spacial score (nSPS) is 20.3. The lowest BCUT2D eigenvalue weighted by Gasteiger charge is -2.46.